The van der Waals surface area contributed by atoms with Gasteiger partial charge in [-0.25, -0.2) is 4.79 Å². The van der Waals surface area contributed by atoms with Crippen LogP contribution in [0.4, 0.5) is 4.79 Å². The number of piperidine rings is 1. The largest absolute Gasteiger partial charge is 0.496 e. The van der Waals surface area contributed by atoms with E-state index < -0.39 is 5.60 Å². The predicted octanol–water partition coefficient (Wildman–Crippen LogP) is 8.65. The van der Waals surface area contributed by atoms with E-state index in [-0.39, 0.29) is 18.1 Å². The summed E-state index contributed by atoms with van der Waals surface area (Å²) in [5.74, 6) is 2.42. The third-order valence-electron chi connectivity index (χ3n) is 8.09. The Balaban J connectivity index is 1.30. The monoisotopic (exact) mass is 623 g/mol. The Bertz CT molecular complexity index is 1610. The summed E-state index contributed by atoms with van der Waals surface area (Å²) >= 11 is 0. The molecule has 0 bridgehead atoms. The molecule has 0 spiro atoms. The lowest BCUT2D eigenvalue weighted by Crippen LogP contribution is -2.48. The van der Waals surface area contributed by atoms with Crippen molar-refractivity contribution in [3.8, 4) is 17.2 Å². The SMILES string of the molecule is COc1cc(COC2CN(C(=O)OC(C)(C)C)CCC2c2ccc(OCC/C=C/c3ccccc3)cc2)c(OC)c2ccccc12. The van der Waals surface area contributed by atoms with Gasteiger partial charge in [0.2, 0.25) is 0 Å². The minimum atomic E-state index is -0.577. The predicted molar refractivity (Wildman–Crippen MR) is 183 cm³/mol. The van der Waals surface area contributed by atoms with Crippen LogP contribution < -0.4 is 14.2 Å². The first-order valence-electron chi connectivity index (χ1n) is 15.9. The highest BCUT2D eigenvalue weighted by atomic mass is 16.6. The third-order valence-corrected chi connectivity index (χ3v) is 8.09. The summed E-state index contributed by atoms with van der Waals surface area (Å²) in [5.41, 5.74) is 2.64. The zero-order valence-corrected chi connectivity index (χ0v) is 27.5. The number of hydrogen-bond acceptors (Lipinski definition) is 6. The molecule has 1 amide bonds. The van der Waals surface area contributed by atoms with Crippen molar-refractivity contribution in [2.75, 3.05) is 33.9 Å². The number of benzene rings is 4. The molecule has 46 heavy (non-hydrogen) atoms. The van der Waals surface area contributed by atoms with Gasteiger partial charge in [-0.2, -0.15) is 0 Å². The van der Waals surface area contributed by atoms with Crippen molar-refractivity contribution in [2.24, 2.45) is 0 Å². The standard InChI is InChI=1S/C39H45NO6/c1-39(2,3)46-38(41)40-23-22-32(29-18-20-31(21-19-29)44-24-12-11-15-28-13-7-6-8-14-28)36(26-40)45-27-30-25-35(42-4)33-16-9-10-17-34(33)37(30)43-5/h6-11,13-21,25,32,36H,12,22-24,26-27H2,1-5H3/b15-11+. The number of ether oxygens (including phenoxy) is 5. The minimum absolute atomic E-state index is 0.0786. The number of fused-ring (bicyclic) bond motifs is 1. The summed E-state index contributed by atoms with van der Waals surface area (Å²) in [6, 6.07) is 28.5. The lowest BCUT2D eigenvalue weighted by Gasteiger charge is -2.39. The van der Waals surface area contributed by atoms with E-state index in [0.717, 1.165) is 52.0 Å². The summed E-state index contributed by atoms with van der Waals surface area (Å²) in [6.07, 6.45) is 5.21. The molecule has 7 heteroatoms. The molecule has 1 aliphatic heterocycles. The molecule has 1 heterocycles. The summed E-state index contributed by atoms with van der Waals surface area (Å²) in [4.78, 5) is 14.8. The molecule has 7 nitrogen and oxygen atoms in total. The van der Waals surface area contributed by atoms with Crippen LogP contribution in [-0.4, -0.2) is 56.6 Å². The molecule has 2 atom stereocenters. The van der Waals surface area contributed by atoms with Crippen LogP contribution in [0, 0.1) is 0 Å². The molecule has 0 N–H and O–H groups in total. The molecule has 1 saturated heterocycles. The molecule has 1 fully saturated rings. The molecule has 0 aromatic heterocycles. The molecular formula is C39H45NO6. The van der Waals surface area contributed by atoms with E-state index in [1.165, 1.54) is 5.56 Å². The summed E-state index contributed by atoms with van der Waals surface area (Å²) in [6.45, 7) is 7.54. The van der Waals surface area contributed by atoms with Gasteiger partial charge in [-0.15, -0.1) is 0 Å². The van der Waals surface area contributed by atoms with Crippen molar-refractivity contribution >= 4 is 22.9 Å². The van der Waals surface area contributed by atoms with E-state index in [9.17, 15) is 4.79 Å². The number of likely N-dealkylation sites (tertiary alicyclic amines) is 1. The van der Waals surface area contributed by atoms with Gasteiger partial charge < -0.3 is 28.6 Å². The normalized spacial score (nSPS) is 16.8. The molecule has 242 valence electrons. The van der Waals surface area contributed by atoms with Crippen LogP contribution in [0.2, 0.25) is 0 Å². The van der Waals surface area contributed by atoms with Crippen LogP contribution in [0.15, 0.2) is 91.0 Å². The van der Waals surface area contributed by atoms with E-state index in [4.69, 9.17) is 23.7 Å². The first-order chi connectivity index (χ1) is 22.3. The zero-order chi connectivity index (χ0) is 32.5. The van der Waals surface area contributed by atoms with Gasteiger partial charge in [-0.05, 0) is 62.9 Å². The molecule has 0 radical (unpaired) electrons. The van der Waals surface area contributed by atoms with Crippen molar-refractivity contribution in [2.45, 2.75) is 57.8 Å². The highest BCUT2D eigenvalue weighted by molar-refractivity contribution is 5.94. The maximum Gasteiger partial charge on any atom is 0.410 e. The van der Waals surface area contributed by atoms with Gasteiger partial charge in [-0.1, -0.05) is 78.9 Å². The zero-order valence-electron chi connectivity index (χ0n) is 27.5. The first kappa shape index (κ1) is 32.9. The highest BCUT2D eigenvalue weighted by Gasteiger charge is 2.35. The molecule has 0 aliphatic carbocycles. The summed E-state index contributed by atoms with van der Waals surface area (Å²) < 4.78 is 30.0. The fourth-order valence-corrected chi connectivity index (χ4v) is 5.88. The van der Waals surface area contributed by atoms with E-state index in [2.05, 4.69) is 36.4 Å². The number of amides is 1. The fraction of sp³-hybridized carbons (Fsp3) is 0.359. The van der Waals surface area contributed by atoms with Crippen LogP contribution >= 0.6 is 0 Å². The lowest BCUT2D eigenvalue weighted by molar-refractivity contribution is -0.0363. The van der Waals surface area contributed by atoms with Crippen LogP contribution in [-0.2, 0) is 16.1 Å². The molecule has 5 rings (SSSR count). The molecule has 0 saturated carbocycles. The van der Waals surface area contributed by atoms with Gasteiger partial charge in [0.05, 0.1) is 40.1 Å². The average Bonchev–Trinajstić information content (AvgIpc) is 3.06. The van der Waals surface area contributed by atoms with E-state index in [1.807, 2.05) is 81.4 Å². The minimum Gasteiger partial charge on any atom is -0.496 e. The number of hydrogen-bond donors (Lipinski definition) is 0. The van der Waals surface area contributed by atoms with E-state index >= 15 is 0 Å². The van der Waals surface area contributed by atoms with Crippen LogP contribution in [0.1, 0.15) is 56.2 Å². The Labute approximate surface area is 272 Å². The number of nitrogens with zero attached hydrogens (tertiary/aromatic N) is 1. The van der Waals surface area contributed by atoms with E-state index in [1.54, 1.807) is 19.1 Å². The first-order valence-corrected chi connectivity index (χ1v) is 15.9. The number of methoxy groups -OCH3 is 2. The summed E-state index contributed by atoms with van der Waals surface area (Å²) in [7, 11) is 3.35. The Morgan fingerprint density at radius 2 is 1.63 bits per heavy atom. The molecular weight excluding hydrogens is 578 g/mol. The Kier molecular flexibility index (Phi) is 10.9. The fourth-order valence-electron chi connectivity index (χ4n) is 5.88. The van der Waals surface area contributed by atoms with Crippen molar-refractivity contribution in [1.29, 1.82) is 0 Å². The van der Waals surface area contributed by atoms with Gasteiger partial charge in [0, 0.05) is 28.8 Å². The van der Waals surface area contributed by atoms with Crippen molar-refractivity contribution in [3.05, 3.63) is 108 Å². The molecule has 1 aliphatic rings. The van der Waals surface area contributed by atoms with Crippen molar-refractivity contribution in [3.63, 3.8) is 0 Å². The second-order valence-electron chi connectivity index (χ2n) is 12.5. The Morgan fingerprint density at radius 1 is 0.913 bits per heavy atom. The number of carbonyl (C=O) groups excluding carboxylic acids is 1. The van der Waals surface area contributed by atoms with E-state index in [0.29, 0.717) is 26.3 Å². The van der Waals surface area contributed by atoms with Crippen molar-refractivity contribution in [1.82, 2.24) is 4.90 Å². The van der Waals surface area contributed by atoms with Gasteiger partial charge in [0.1, 0.15) is 22.8 Å². The topological polar surface area (TPSA) is 66.5 Å². The maximum atomic E-state index is 13.1. The number of rotatable bonds is 11. The Morgan fingerprint density at radius 3 is 2.33 bits per heavy atom. The summed E-state index contributed by atoms with van der Waals surface area (Å²) in [5, 5.41) is 1.94. The Hall–Kier alpha value is -4.49. The smallest absolute Gasteiger partial charge is 0.410 e. The quantitative estimate of drug-likeness (QED) is 0.156. The van der Waals surface area contributed by atoms with Crippen LogP contribution in [0.5, 0.6) is 17.2 Å². The van der Waals surface area contributed by atoms with Gasteiger partial charge in [0.15, 0.2) is 0 Å². The van der Waals surface area contributed by atoms with Gasteiger partial charge in [-0.3, -0.25) is 0 Å². The highest BCUT2D eigenvalue weighted by Crippen LogP contribution is 2.38. The lowest BCUT2D eigenvalue weighted by atomic mass is 9.87. The van der Waals surface area contributed by atoms with Crippen LogP contribution in [0.25, 0.3) is 16.8 Å². The molecule has 4 aromatic carbocycles. The third kappa shape index (κ3) is 8.40. The van der Waals surface area contributed by atoms with Crippen molar-refractivity contribution < 1.29 is 28.5 Å². The molecule has 4 aromatic rings. The molecule has 2 unspecified atom stereocenters. The maximum absolute atomic E-state index is 13.1. The van der Waals surface area contributed by atoms with Gasteiger partial charge >= 0.3 is 6.09 Å². The second kappa shape index (κ2) is 15.2. The second-order valence-corrected chi connectivity index (χ2v) is 12.5. The van der Waals surface area contributed by atoms with Crippen LogP contribution in [0.3, 0.4) is 0 Å². The number of carbonyl (C=O) groups is 1. The average molecular weight is 624 g/mol. The van der Waals surface area contributed by atoms with Gasteiger partial charge in [0.25, 0.3) is 0 Å².